The quantitative estimate of drug-likeness (QED) is 0.582. The molecule has 0 spiro atoms. The van der Waals surface area contributed by atoms with Gasteiger partial charge in [-0.1, -0.05) is 0 Å². The first-order chi connectivity index (χ1) is 7.08. The maximum Gasteiger partial charge on any atom is 0.323 e. The summed E-state index contributed by atoms with van der Waals surface area (Å²) in [6, 6.07) is -1.40. The summed E-state index contributed by atoms with van der Waals surface area (Å²) in [4.78, 5) is 22.4. The molecule has 0 aromatic rings. The van der Waals surface area contributed by atoms with Crippen molar-refractivity contribution in [3.05, 3.63) is 0 Å². The maximum absolute atomic E-state index is 11.4. The van der Waals surface area contributed by atoms with Crippen molar-refractivity contribution in [1.82, 2.24) is 5.32 Å². The van der Waals surface area contributed by atoms with E-state index in [0.29, 0.717) is 0 Å². The third-order valence-electron chi connectivity index (χ3n) is 2.08. The minimum atomic E-state index is -1.21. The van der Waals surface area contributed by atoms with E-state index in [0.717, 1.165) is 0 Å². The van der Waals surface area contributed by atoms with Crippen LogP contribution < -0.4 is 5.32 Å². The van der Waals surface area contributed by atoms with Crippen LogP contribution in [0.4, 0.5) is 0 Å². The Labute approximate surface area is 89.8 Å². The molecule has 0 radical (unpaired) electrons. The molecule has 0 unspecified atom stereocenters. The van der Waals surface area contributed by atoms with E-state index in [1.165, 1.54) is 14.2 Å². The second kappa shape index (κ2) is 5.22. The summed E-state index contributed by atoms with van der Waals surface area (Å²) in [5, 5.41) is 2.74. The Morgan fingerprint density at radius 1 is 1.13 bits per heavy atom. The zero-order chi connectivity index (χ0) is 11.4. The van der Waals surface area contributed by atoms with Gasteiger partial charge in [0.05, 0.1) is 14.2 Å². The zero-order valence-corrected chi connectivity index (χ0v) is 9.33. The van der Waals surface area contributed by atoms with Gasteiger partial charge in [0.2, 0.25) is 0 Å². The number of esters is 2. The number of rotatable bonds is 2. The standard InChI is InChI=1S/C8H13NO5S/c1-13-7(10)5-3-15(12)4-6(9-5)8(11)14-2/h5-6,9H,3-4H2,1-2H3/t5-,6-/m0/s1. The molecule has 0 bridgehead atoms. The highest BCUT2D eigenvalue weighted by molar-refractivity contribution is 7.85. The first kappa shape index (κ1) is 12.1. The minimum absolute atomic E-state index is 0.167. The van der Waals surface area contributed by atoms with Crippen LogP contribution in [0.15, 0.2) is 0 Å². The molecule has 1 aliphatic rings. The van der Waals surface area contributed by atoms with Crippen LogP contribution in [0.5, 0.6) is 0 Å². The van der Waals surface area contributed by atoms with Gasteiger partial charge in [-0.05, 0) is 0 Å². The molecule has 15 heavy (non-hydrogen) atoms. The summed E-state index contributed by atoms with van der Waals surface area (Å²) >= 11 is 0. The van der Waals surface area contributed by atoms with Gasteiger partial charge in [0.25, 0.3) is 0 Å². The monoisotopic (exact) mass is 235 g/mol. The first-order valence-electron chi connectivity index (χ1n) is 4.35. The highest BCUT2D eigenvalue weighted by atomic mass is 32.2. The maximum atomic E-state index is 11.4. The Balaban J connectivity index is 2.67. The average Bonchev–Trinajstić information content (AvgIpc) is 2.26. The Morgan fingerprint density at radius 2 is 1.53 bits per heavy atom. The number of carbonyl (C=O) groups is 2. The summed E-state index contributed by atoms with van der Waals surface area (Å²) in [5.74, 6) is -0.700. The van der Waals surface area contributed by atoms with Crippen LogP contribution in [-0.4, -0.2) is 54.0 Å². The van der Waals surface area contributed by atoms with Crippen molar-refractivity contribution in [2.75, 3.05) is 25.7 Å². The highest BCUT2D eigenvalue weighted by Gasteiger charge is 2.35. The highest BCUT2D eigenvalue weighted by Crippen LogP contribution is 2.06. The predicted molar refractivity (Wildman–Crippen MR) is 52.6 cm³/mol. The summed E-state index contributed by atoms with van der Waals surface area (Å²) in [6.45, 7) is 0. The van der Waals surface area contributed by atoms with Crippen LogP contribution in [0.3, 0.4) is 0 Å². The molecule has 1 aliphatic heterocycles. The molecule has 0 aliphatic carbocycles. The van der Waals surface area contributed by atoms with Crippen molar-refractivity contribution in [2.45, 2.75) is 12.1 Å². The molecule has 1 heterocycles. The molecule has 0 aromatic carbocycles. The van der Waals surface area contributed by atoms with Crippen LogP contribution >= 0.6 is 0 Å². The molecule has 2 atom stereocenters. The van der Waals surface area contributed by atoms with E-state index < -0.39 is 34.8 Å². The lowest BCUT2D eigenvalue weighted by molar-refractivity contribution is -0.145. The molecule has 1 N–H and O–H groups in total. The summed E-state index contributed by atoms with van der Waals surface area (Å²) < 4.78 is 20.4. The Kier molecular flexibility index (Phi) is 4.22. The first-order valence-corrected chi connectivity index (χ1v) is 5.84. The Bertz CT molecular complexity index is 267. The van der Waals surface area contributed by atoms with E-state index in [1.54, 1.807) is 0 Å². The van der Waals surface area contributed by atoms with Gasteiger partial charge < -0.3 is 9.47 Å². The molecule has 0 saturated carbocycles. The third-order valence-corrected chi connectivity index (χ3v) is 3.49. The van der Waals surface area contributed by atoms with Gasteiger partial charge in [0.15, 0.2) is 0 Å². The molecule has 1 fully saturated rings. The molecular formula is C8H13NO5S. The van der Waals surface area contributed by atoms with E-state index in [1.807, 2.05) is 0 Å². The lowest BCUT2D eigenvalue weighted by Crippen LogP contribution is -2.57. The summed E-state index contributed by atoms with van der Waals surface area (Å²) in [5.41, 5.74) is 0. The topological polar surface area (TPSA) is 81.7 Å². The van der Waals surface area contributed by atoms with Gasteiger partial charge >= 0.3 is 11.9 Å². The molecule has 7 heteroatoms. The van der Waals surface area contributed by atoms with Crippen LogP contribution in [0.25, 0.3) is 0 Å². The van der Waals surface area contributed by atoms with Crippen LogP contribution in [0.2, 0.25) is 0 Å². The van der Waals surface area contributed by atoms with Gasteiger partial charge in [0, 0.05) is 22.3 Å². The zero-order valence-electron chi connectivity index (χ0n) is 8.52. The van der Waals surface area contributed by atoms with E-state index in [-0.39, 0.29) is 11.5 Å². The van der Waals surface area contributed by atoms with Gasteiger partial charge in [-0.25, -0.2) is 0 Å². The number of ether oxygens (including phenoxy) is 2. The Hall–Kier alpha value is -0.950. The fourth-order valence-corrected chi connectivity index (χ4v) is 2.68. The lowest BCUT2D eigenvalue weighted by Gasteiger charge is -2.26. The molecule has 1 saturated heterocycles. The van der Waals surface area contributed by atoms with Gasteiger partial charge in [-0.2, -0.15) is 0 Å². The summed E-state index contributed by atoms with van der Waals surface area (Å²) in [7, 11) is 1.28. The van der Waals surface area contributed by atoms with Crippen molar-refractivity contribution in [2.24, 2.45) is 0 Å². The third kappa shape index (κ3) is 3.00. The second-order valence-electron chi connectivity index (χ2n) is 3.09. The lowest BCUT2D eigenvalue weighted by atomic mass is 10.2. The van der Waals surface area contributed by atoms with Crippen molar-refractivity contribution in [1.29, 1.82) is 0 Å². The second-order valence-corrected chi connectivity index (χ2v) is 4.64. The number of carbonyl (C=O) groups excluding carboxylic acids is 2. The largest absolute Gasteiger partial charge is 0.468 e. The van der Waals surface area contributed by atoms with E-state index in [4.69, 9.17) is 0 Å². The Morgan fingerprint density at radius 3 is 1.87 bits per heavy atom. The van der Waals surface area contributed by atoms with Crippen molar-refractivity contribution < 1.29 is 23.3 Å². The normalized spacial score (nSPS) is 30.7. The summed E-state index contributed by atoms with van der Waals surface area (Å²) in [6.07, 6.45) is 0. The predicted octanol–water partition coefficient (Wildman–Crippen LogP) is -1.58. The molecule has 6 nitrogen and oxygen atoms in total. The molecule has 0 aromatic heterocycles. The van der Waals surface area contributed by atoms with Crippen LogP contribution in [0, 0.1) is 0 Å². The molecule has 0 amide bonds. The average molecular weight is 235 g/mol. The van der Waals surface area contributed by atoms with Gasteiger partial charge in [-0.15, -0.1) is 0 Å². The van der Waals surface area contributed by atoms with E-state index in [2.05, 4.69) is 14.8 Å². The van der Waals surface area contributed by atoms with Gasteiger partial charge in [-0.3, -0.25) is 19.1 Å². The number of hydrogen-bond donors (Lipinski definition) is 1. The van der Waals surface area contributed by atoms with Crippen LogP contribution in [0.1, 0.15) is 0 Å². The van der Waals surface area contributed by atoms with Crippen molar-refractivity contribution >= 4 is 22.7 Å². The van der Waals surface area contributed by atoms with Crippen LogP contribution in [-0.2, 0) is 29.9 Å². The fourth-order valence-electron chi connectivity index (χ4n) is 1.34. The molecular weight excluding hydrogens is 222 g/mol. The molecule has 1 rings (SSSR count). The number of hydrogen-bond acceptors (Lipinski definition) is 6. The van der Waals surface area contributed by atoms with Crippen molar-refractivity contribution in [3.8, 4) is 0 Å². The number of methoxy groups -OCH3 is 2. The number of nitrogens with one attached hydrogen (secondary N) is 1. The molecule has 86 valence electrons. The fraction of sp³-hybridized carbons (Fsp3) is 0.750. The minimum Gasteiger partial charge on any atom is -0.468 e. The van der Waals surface area contributed by atoms with Crippen molar-refractivity contribution in [3.63, 3.8) is 0 Å². The van der Waals surface area contributed by atoms with E-state index in [9.17, 15) is 13.8 Å². The van der Waals surface area contributed by atoms with E-state index >= 15 is 0 Å². The van der Waals surface area contributed by atoms with Gasteiger partial charge in [0.1, 0.15) is 12.1 Å². The SMILES string of the molecule is COC(=O)[C@@H]1CS(=O)C[C@@H](C(=O)OC)N1. The smallest absolute Gasteiger partial charge is 0.323 e.